The number of rotatable bonds is 3. The van der Waals surface area contributed by atoms with Crippen molar-refractivity contribution in [3.63, 3.8) is 0 Å². The second-order valence-corrected chi connectivity index (χ2v) is 4.10. The Morgan fingerprint density at radius 3 is 2.65 bits per heavy atom. The number of phenolic OH excluding ortho intramolecular Hbond substituents is 1. The third kappa shape index (κ3) is 1.93. The van der Waals surface area contributed by atoms with Gasteiger partial charge in [-0.05, 0) is 24.5 Å². The maximum Gasteiger partial charge on any atom is 0.339 e. The third-order valence-corrected chi connectivity index (χ3v) is 2.98. The molecule has 1 heterocycles. The van der Waals surface area contributed by atoms with Crippen LogP contribution in [0.3, 0.4) is 0 Å². The van der Waals surface area contributed by atoms with Gasteiger partial charge in [-0.25, -0.2) is 4.79 Å². The predicted octanol–water partition coefficient (Wildman–Crippen LogP) is 3.01. The Morgan fingerprint density at radius 1 is 1.24 bits per heavy atom. The molecule has 0 aliphatic heterocycles. The molecule has 0 atom stereocenters. The smallest absolute Gasteiger partial charge is 0.339 e. The number of aryl methyl sites for hydroxylation is 1. The highest BCUT2D eigenvalue weighted by Crippen LogP contribution is 2.27. The molecule has 2 aromatic rings. The highest BCUT2D eigenvalue weighted by Gasteiger charge is 2.14. The molecule has 1 aromatic carbocycles. The molecule has 1 N–H and O–H groups in total. The molecule has 0 bridgehead atoms. The van der Waals surface area contributed by atoms with E-state index in [1.165, 1.54) is 6.07 Å². The van der Waals surface area contributed by atoms with Crippen LogP contribution in [0.5, 0.6) is 5.75 Å². The van der Waals surface area contributed by atoms with E-state index >= 15 is 0 Å². The molecule has 1 aromatic heterocycles. The standard InChI is InChI=1S/C14H16O3/c1-3-6-11-9(4-2)10-7-5-8-12(15)13(10)17-14(11)16/h5,7-8,15H,3-4,6H2,1-2H3. The molecule has 0 amide bonds. The van der Waals surface area contributed by atoms with Gasteiger partial charge in [0.05, 0.1) is 0 Å². The Balaban J connectivity index is 2.85. The maximum atomic E-state index is 11.9. The monoisotopic (exact) mass is 232 g/mol. The van der Waals surface area contributed by atoms with Gasteiger partial charge in [-0.1, -0.05) is 32.4 Å². The molecular formula is C14H16O3. The van der Waals surface area contributed by atoms with E-state index in [0.29, 0.717) is 5.58 Å². The van der Waals surface area contributed by atoms with Gasteiger partial charge in [-0.3, -0.25) is 0 Å². The molecule has 3 nitrogen and oxygen atoms in total. The molecular weight excluding hydrogens is 216 g/mol. The summed E-state index contributed by atoms with van der Waals surface area (Å²) in [5.41, 5.74) is 1.72. The average molecular weight is 232 g/mol. The Kier molecular flexibility index (Phi) is 3.18. The molecule has 0 unspecified atom stereocenters. The number of phenols is 1. The van der Waals surface area contributed by atoms with Gasteiger partial charge in [0.2, 0.25) is 0 Å². The van der Waals surface area contributed by atoms with Crippen LogP contribution in [0.4, 0.5) is 0 Å². The number of aromatic hydroxyl groups is 1. The summed E-state index contributed by atoms with van der Waals surface area (Å²) in [6, 6.07) is 5.19. The Bertz CT molecular complexity index is 596. The molecule has 0 saturated carbocycles. The van der Waals surface area contributed by atoms with E-state index in [9.17, 15) is 9.90 Å². The lowest BCUT2D eigenvalue weighted by Gasteiger charge is -2.09. The molecule has 0 saturated heterocycles. The van der Waals surface area contributed by atoms with Crippen molar-refractivity contribution in [2.45, 2.75) is 33.1 Å². The van der Waals surface area contributed by atoms with Crippen LogP contribution in [-0.4, -0.2) is 5.11 Å². The fourth-order valence-electron chi connectivity index (χ4n) is 2.22. The topological polar surface area (TPSA) is 50.4 Å². The van der Waals surface area contributed by atoms with Gasteiger partial charge < -0.3 is 9.52 Å². The lowest BCUT2D eigenvalue weighted by atomic mass is 9.99. The second kappa shape index (κ2) is 4.62. The lowest BCUT2D eigenvalue weighted by Crippen LogP contribution is -2.11. The zero-order valence-electron chi connectivity index (χ0n) is 10.1. The molecule has 3 heteroatoms. The predicted molar refractivity (Wildman–Crippen MR) is 67.5 cm³/mol. The summed E-state index contributed by atoms with van der Waals surface area (Å²) in [7, 11) is 0. The van der Waals surface area contributed by atoms with E-state index in [1.807, 2.05) is 19.9 Å². The summed E-state index contributed by atoms with van der Waals surface area (Å²) >= 11 is 0. The van der Waals surface area contributed by atoms with E-state index in [1.54, 1.807) is 6.07 Å². The molecule has 90 valence electrons. The molecule has 0 aliphatic rings. The van der Waals surface area contributed by atoms with Gasteiger partial charge in [-0.2, -0.15) is 0 Å². The zero-order valence-corrected chi connectivity index (χ0v) is 10.1. The van der Waals surface area contributed by atoms with Gasteiger partial charge in [0.1, 0.15) is 0 Å². The Morgan fingerprint density at radius 2 is 2.00 bits per heavy atom. The minimum absolute atomic E-state index is 0.0253. The quantitative estimate of drug-likeness (QED) is 0.827. The summed E-state index contributed by atoms with van der Waals surface area (Å²) in [6.45, 7) is 4.04. The number of fused-ring (bicyclic) bond motifs is 1. The van der Waals surface area contributed by atoms with Crippen LogP contribution in [0.1, 0.15) is 31.4 Å². The number of para-hydroxylation sites is 1. The van der Waals surface area contributed by atoms with E-state index in [-0.39, 0.29) is 11.4 Å². The summed E-state index contributed by atoms with van der Waals surface area (Å²) < 4.78 is 5.21. The summed E-state index contributed by atoms with van der Waals surface area (Å²) in [5.74, 6) is 0.0253. The number of benzene rings is 1. The van der Waals surface area contributed by atoms with E-state index in [0.717, 1.165) is 35.8 Å². The normalized spacial score (nSPS) is 10.9. The molecule has 0 radical (unpaired) electrons. The first-order chi connectivity index (χ1) is 8.19. The summed E-state index contributed by atoms with van der Waals surface area (Å²) in [5, 5.41) is 10.5. The SMILES string of the molecule is CCCc1c(CC)c2cccc(O)c2oc1=O. The average Bonchev–Trinajstić information content (AvgIpc) is 2.32. The van der Waals surface area contributed by atoms with Gasteiger partial charge in [0.25, 0.3) is 0 Å². The van der Waals surface area contributed by atoms with Crippen molar-refractivity contribution < 1.29 is 9.52 Å². The van der Waals surface area contributed by atoms with Crippen molar-refractivity contribution in [1.82, 2.24) is 0 Å². The fourth-order valence-corrected chi connectivity index (χ4v) is 2.22. The first kappa shape index (κ1) is 11.7. The van der Waals surface area contributed by atoms with Crippen LogP contribution in [-0.2, 0) is 12.8 Å². The summed E-state index contributed by atoms with van der Waals surface area (Å²) in [6.07, 6.45) is 2.39. The van der Waals surface area contributed by atoms with Crippen molar-refractivity contribution in [1.29, 1.82) is 0 Å². The van der Waals surface area contributed by atoms with Crippen LogP contribution < -0.4 is 5.63 Å². The van der Waals surface area contributed by atoms with Crippen LogP contribution in [0.25, 0.3) is 11.0 Å². The van der Waals surface area contributed by atoms with Crippen molar-refractivity contribution in [2.75, 3.05) is 0 Å². The molecule has 17 heavy (non-hydrogen) atoms. The Labute approximate surface area is 99.7 Å². The first-order valence-corrected chi connectivity index (χ1v) is 5.95. The van der Waals surface area contributed by atoms with Crippen LogP contribution in [0.2, 0.25) is 0 Å². The fraction of sp³-hybridized carbons (Fsp3) is 0.357. The molecule has 0 fully saturated rings. The van der Waals surface area contributed by atoms with Gasteiger partial charge >= 0.3 is 5.63 Å². The molecule has 0 aliphatic carbocycles. The molecule has 0 spiro atoms. The number of hydrogen-bond acceptors (Lipinski definition) is 3. The van der Waals surface area contributed by atoms with Crippen LogP contribution >= 0.6 is 0 Å². The Hall–Kier alpha value is -1.77. The van der Waals surface area contributed by atoms with Crippen molar-refractivity contribution in [2.24, 2.45) is 0 Å². The van der Waals surface area contributed by atoms with Gasteiger partial charge in [0, 0.05) is 10.9 Å². The largest absolute Gasteiger partial charge is 0.504 e. The third-order valence-electron chi connectivity index (χ3n) is 2.98. The minimum atomic E-state index is -0.322. The van der Waals surface area contributed by atoms with Crippen molar-refractivity contribution in [3.05, 3.63) is 39.7 Å². The van der Waals surface area contributed by atoms with Crippen molar-refractivity contribution >= 4 is 11.0 Å². The first-order valence-electron chi connectivity index (χ1n) is 5.95. The number of hydrogen-bond donors (Lipinski definition) is 1. The van der Waals surface area contributed by atoms with E-state index < -0.39 is 0 Å². The minimum Gasteiger partial charge on any atom is -0.504 e. The van der Waals surface area contributed by atoms with Crippen molar-refractivity contribution in [3.8, 4) is 5.75 Å². The van der Waals surface area contributed by atoms with Crippen LogP contribution in [0.15, 0.2) is 27.4 Å². The molecule has 2 rings (SSSR count). The highest BCUT2D eigenvalue weighted by atomic mass is 16.4. The zero-order chi connectivity index (χ0) is 12.4. The lowest BCUT2D eigenvalue weighted by molar-refractivity contribution is 0.455. The van der Waals surface area contributed by atoms with E-state index in [2.05, 4.69) is 0 Å². The maximum absolute atomic E-state index is 11.9. The highest BCUT2D eigenvalue weighted by molar-refractivity contribution is 5.86. The van der Waals surface area contributed by atoms with Gasteiger partial charge in [0.15, 0.2) is 11.3 Å². The van der Waals surface area contributed by atoms with E-state index in [4.69, 9.17) is 4.42 Å². The second-order valence-electron chi connectivity index (χ2n) is 4.10. The van der Waals surface area contributed by atoms with Gasteiger partial charge in [-0.15, -0.1) is 0 Å². The summed E-state index contributed by atoms with van der Waals surface area (Å²) in [4.78, 5) is 11.9. The van der Waals surface area contributed by atoms with Crippen LogP contribution in [0, 0.1) is 0 Å².